The summed E-state index contributed by atoms with van der Waals surface area (Å²) in [6, 6.07) is 4.87. The van der Waals surface area contributed by atoms with Gasteiger partial charge in [0.2, 0.25) is 0 Å². The van der Waals surface area contributed by atoms with Crippen molar-refractivity contribution < 1.29 is 9.18 Å². The molecule has 0 saturated carbocycles. The highest BCUT2D eigenvalue weighted by atomic mass is 79.9. The summed E-state index contributed by atoms with van der Waals surface area (Å²) in [7, 11) is 0. The quantitative estimate of drug-likeness (QED) is 0.621. The summed E-state index contributed by atoms with van der Waals surface area (Å²) in [5.41, 5.74) is 0.504. The molecule has 14 heavy (non-hydrogen) atoms. The molecule has 0 unspecified atom stereocenters. The third-order valence-corrected chi connectivity index (χ3v) is 3.27. The zero-order valence-corrected chi connectivity index (χ0v) is 10.1. The van der Waals surface area contributed by atoms with E-state index < -0.39 is 0 Å². The number of hydrogen-bond donors (Lipinski definition) is 0. The van der Waals surface area contributed by atoms with E-state index in [2.05, 4.69) is 15.9 Å². The molecule has 1 nitrogen and oxygen atoms in total. The van der Waals surface area contributed by atoms with E-state index in [9.17, 15) is 9.18 Å². The van der Waals surface area contributed by atoms with Gasteiger partial charge in [-0.2, -0.15) is 0 Å². The largest absolute Gasteiger partial charge is 0.298 e. The molecule has 1 aromatic rings. The van der Waals surface area contributed by atoms with E-state index in [0.717, 1.165) is 4.90 Å². The molecule has 0 amide bonds. The van der Waals surface area contributed by atoms with Gasteiger partial charge in [0, 0.05) is 16.9 Å². The summed E-state index contributed by atoms with van der Waals surface area (Å²) in [4.78, 5) is 12.0. The molecule has 0 bridgehead atoms. The molecule has 0 atom stereocenters. The Morgan fingerprint density at radius 2 is 2.29 bits per heavy atom. The first-order chi connectivity index (χ1) is 6.69. The van der Waals surface area contributed by atoms with Crippen molar-refractivity contribution in [1.82, 2.24) is 0 Å². The maximum atomic E-state index is 13.4. The lowest BCUT2D eigenvalue weighted by molar-refractivity contribution is -0.115. The Kier molecular flexibility index (Phi) is 4.62. The van der Waals surface area contributed by atoms with Crippen LogP contribution >= 0.6 is 27.7 Å². The van der Waals surface area contributed by atoms with Crippen LogP contribution < -0.4 is 0 Å². The number of thioether (sulfide) groups is 1. The molecule has 0 aliphatic rings. The SMILES string of the molecule is CSc1cccc(F)c1CC(=O)CBr. The lowest BCUT2D eigenvalue weighted by Crippen LogP contribution is -2.06. The molecule has 76 valence electrons. The topological polar surface area (TPSA) is 17.1 Å². The number of Topliss-reactive ketones (excluding diaryl/α,β-unsaturated/α-hetero) is 1. The highest BCUT2D eigenvalue weighted by Gasteiger charge is 2.11. The van der Waals surface area contributed by atoms with Crippen LogP contribution in [0.1, 0.15) is 5.56 Å². The van der Waals surface area contributed by atoms with E-state index in [4.69, 9.17) is 0 Å². The van der Waals surface area contributed by atoms with Gasteiger partial charge in [-0.25, -0.2) is 4.39 Å². The van der Waals surface area contributed by atoms with Gasteiger partial charge in [0.05, 0.1) is 5.33 Å². The van der Waals surface area contributed by atoms with E-state index in [-0.39, 0.29) is 23.4 Å². The summed E-state index contributed by atoms with van der Waals surface area (Å²) < 4.78 is 13.4. The third kappa shape index (κ3) is 2.82. The van der Waals surface area contributed by atoms with Gasteiger partial charge < -0.3 is 0 Å². The van der Waals surface area contributed by atoms with Gasteiger partial charge in [-0.15, -0.1) is 11.8 Å². The summed E-state index contributed by atoms with van der Waals surface area (Å²) in [6.07, 6.45) is 2.03. The molecule has 0 aromatic heterocycles. The van der Waals surface area contributed by atoms with Gasteiger partial charge in [-0.3, -0.25) is 4.79 Å². The normalized spacial score (nSPS) is 10.2. The molecule has 0 heterocycles. The summed E-state index contributed by atoms with van der Waals surface area (Å²) in [5.74, 6) is -0.309. The minimum absolute atomic E-state index is 0.00889. The first-order valence-corrected chi connectivity index (χ1v) is 6.42. The Morgan fingerprint density at radius 3 is 2.86 bits per heavy atom. The summed E-state index contributed by atoms with van der Waals surface area (Å²) in [5, 5.41) is 0.273. The van der Waals surface area contributed by atoms with Gasteiger partial charge in [0.15, 0.2) is 0 Å². The Balaban J connectivity index is 2.98. The standard InChI is InChI=1S/C10H10BrFOS/c1-14-10-4-2-3-9(12)8(10)5-7(13)6-11/h2-4H,5-6H2,1H3. The summed E-state index contributed by atoms with van der Waals surface area (Å²) in [6.45, 7) is 0. The second-order valence-electron chi connectivity index (χ2n) is 2.77. The predicted molar refractivity (Wildman–Crippen MR) is 60.7 cm³/mol. The minimum Gasteiger partial charge on any atom is -0.298 e. The van der Waals surface area contributed by atoms with E-state index >= 15 is 0 Å². The third-order valence-electron chi connectivity index (χ3n) is 1.82. The van der Waals surface area contributed by atoms with E-state index in [0.29, 0.717) is 5.56 Å². The predicted octanol–water partition coefficient (Wildman–Crippen LogP) is 3.05. The molecule has 0 spiro atoms. The highest BCUT2D eigenvalue weighted by Crippen LogP contribution is 2.23. The smallest absolute Gasteiger partial charge is 0.147 e. The Labute approximate surface area is 95.2 Å². The van der Waals surface area contributed by atoms with Crippen molar-refractivity contribution in [3.8, 4) is 0 Å². The number of rotatable bonds is 4. The Morgan fingerprint density at radius 1 is 1.57 bits per heavy atom. The maximum absolute atomic E-state index is 13.4. The second-order valence-corrected chi connectivity index (χ2v) is 4.18. The fourth-order valence-electron chi connectivity index (χ4n) is 1.15. The van der Waals surface area contributed by atoms with Crippen LogP contribution in [-0.4, -0.2) is 17.4 Å². The molecule has 0 aliphatic carbocycles. The average molecular weight is 277 g/mol. The number of benzene rings is 1. The van der Waals surface area contributed by atoms with Crippen molar-refractivity contribution >= 4 is 33.5 Å². The molecule has 4 heteroatoms. The first kappa shape index (κ1) is 11.7. The van der Waals surface area contributed by atoms with E-state index in [1.807, 2.05) is 12.3 Å². The van der Waals surface area contributed by atoms with Gasteiger partial charge in [-0.05, 0) is 18.4 Å². The van der Waals surface area contributed by atoms with Crippen molar-refractivity contribution in [2.24, 2.45) is 0 Å². The number of hydrogen-bond acceptors (Lipinski definition) is 2. The van der Waals surface area contributed by atoms with E-state index in [1.54, 1.807) is 6.07 Å². The molecular weight excluding hydrogens is 267 g/mol. The van der Waals surface area contributed by atoms with Crippen LogP contribution in [0.25, 0.3) is 0 Å². The van der Waals surface area contributed by atoms with Crippen LogP contribution in [0.15, 0.2) is 23.1 Å². The van der Waals surface area contributed by atoms with Gasteiger partial charge in [-0.1, -0.05) is 22.0 Å². The van der Waals surface area contributed by atoms with Gasteiger partial charge >= 0.3 is 0 Å². The van der Waals surface area contributed by atoms with Crippen molar-refractivity contribution in [1.29, 1.82) is 0 Å². The number of carbonyl (C=O) groups excluding carboxylic acids is 1. The van der Waals surface area contributed by atoms with Crippen LogP contribution in [-0.2, 0) is 11.2 Å². The van der Waals surface area contributed by atoms with Crippen LogP contribution in [0.5, 0.6) is 0 Å². The minimum atomic E-state index is -0.300. The van der Waals surface area contributed by atoms with Crippen LogP contribution in [0.4, 0.5) is 4.39 Å². The molecule has 0 fully saturated rings. The number of alkyl halides is 1. The molecule has 0 saturated heterocycles. The Hall–Kier alpha value is -0.350. The fraction of sp³-hybridized carbons (Fsp3) is 0.300. The van der Waals surface area contributed by atoms with Crippen molar-refractivity contribution in [2.45, 2.75) is 11.3 Å². The van der Waals surface area contributed by atoms with Crippen LogP contribution in [0.2, 0.25) is 0 Å². The second kappa shape index (κ2) is 5.51. The fourth-order valence-corrected chi connectivity index (χ4v) is 1.98. The molecular formula is C10H10BrFOS. The lowest BCUT2D eigenvalue weighted by atomic mass is 10.1. The number of ketones is 1. The molecule has 0 aliphatic heterocycles. The van der Waals surface area contributed by atoms with Crippen molar-refractivity contribution in [3.05, 3.63) is 29.6 Å². The zero-order valence-electron chi connectivity index (χ0n) is 7.72. The van der Waals surface area contributed by atoms with Crippen molar-refractivity contribution in [3.63, 3.8) is 0 Å². The summed E-state index contributed by atoms with van der Waals surface area (Å²) >= 11 is 4.52. The van der Waals surface area contributed by atoms with Crippen molar-refractivity contribution in [2.75, 3.05) is 11.6 Å². The Bertz CT molecular complexity index is 341. The van der Waals surface area contributed by atoms with Gasteiger partial charge in [0.25, 0.3) is 0 Å². The highest BCUT2D eigenvalue weighted by molar-refractivity contribution is 9.09. The molecule has 0 N–H and O–H groups in total. The number of halogens is 2. The van der Waals surface area contributed by atoms with E-state index in [1.165, 1.54) is 17.8 Å². The number of carbonyl (C=O) groups is 1. The van der Waals surface area contributed by atoms with Crippen LogP contribution in [0.3, 0.4) is 0 Å². The molecule has 1 aromatic carbocycles. The monoisotopic (exact) mass is 276 g/mol. The maximum Gasteiger partial charge on any atom is 0.147 e. The molecule has 1 rings (SSSR count). The average Bonchev–Trinajstić information content (AvgIpc) is 2.20. The van der Waals surface area contributed by atoms with Gasteiger partial charge in [0.1, 0.15) is 11.6 Å². The first-order valence-electron chi connectivity index (χ1n) is 4.08. The molecule has 0 radical (unpaired) electrons. The lowest BCUT2D eigenvalue weighted by Gasteiger charge is -2.06. The van der Waals surface area contributed by atoms with Crippen LogP contribution in [0, 0.1) is 5.82 Å². The zero-order chi connectivity index (χ0) is 10.6.